The van der Waals surface area contributed by atoms with Gasteiger partial charge in [-0.15, -0.1) is 0 Å². The van der Waals surface area contributed by atoms with Gasteiger partial charge in [0.2, 0.25) is 0 Å². The summed E-state index contributed by atoms with van der Waals surface area (Å²) in [5.41, 5.74) is 8.33. The molecule has 0 unspecified atom stereocenters. The van der Waals surface area contributed by atoms with Crippen molar-refractivity contribution >= 4 is 17.4 Å². The van der Waals surface area contributed by atoms with Gasteiger partial charge in [0.15, 0.2) is 0 Å². The molecular weight excluding hydrogens is 274 g/mol. The van der Waals surface area contributed by atoms with E-state index in [1.54, 1.807) is 12.3 Å². The summed E-state index contributed by atoms with van der Waals surface area (Å²) in [5.74, 6) is 0.836. The predicted molar refractivity (Wildman–Crippen MR) is 78.6 cm³/mol. The van der Waals surface area contributed by atoms with E-state index < -0.39 is 0 Å². The van der Waals surface area contributed by atoms with Crippen LogP contribution in [0.2, 0.25) is 5.15 Å². The second kappa shape index (κ2) is 5.16. The third-order valence-electron chi connectivity index (χ3n) is 3.50. The molecule has 3 N–H and O–H groups in total. The van der Waals surface area contributed by atoms with Gasteiger partial charge in [-0.3, -0.25) is 0 Å². The van der Waals surface area contributed by atoms with Crippen molar-refractivity contribution in [1.29, 1.82) is 5.26 Å². The van der Waals surface area contributed by atoms with Crippen molar-refractivity contribution < 1.29 is 0 Å². The maximum atomic E-state index is 9.29. The van der Waals surface area contributed by atoms with Gasteiger partial charge in [-0.25, -0.2) is 4.98 Å². The number of pyridine rings is 1. The maximum absolute atomic E-state index is 9.29. The van der Waals surface area contributed by atoms with E-state index in [9.17, 15) is 5.26 Å². The van der Waals surface area contributed by atoms with Crippen LogP contribution >= 0.6 is 11.6 Å². The number of H-pyrrole nitrogens is 1. The van der Waals surface area contributed by atoms with Crippen LogP contribution < -0.4 is 10.6 Å². The molecule has 1 aliphatic heterocycles. The molecular formula is C14H14ClN5. The summed E-state index contributed by atoms with van der Waals surface area (Å²) in [5, 5.41) is 9.72. The summed E-state index contributed by atoms with van der Waals surface area (Å²) in [6.45, 7) is 1.64. The number of hydrogen-bond donors (Lipinski definition) is 2. The van der Waals surface area contributed by atoms with Crippen LogP contribution in [0.4, 0.5) is 5.82 Å². The Hall–Kier alpha value is -2.03. The molecule has 3 rings (SSSR count). The van der Waals surface area contributed by atoms with E-state index in [-0.39, 0.29) is 6.04 Å². The number of aromatic amines is 1. The van der Waals surface area contributed by atoms with Gasteiger partial charge in [-0.05, 0) is 24.6 Å². The molecule has 5 nitrogen and oxygen atoms in total. The number of nitriles is 1. The summed E-state index contributed by atoms with van der Waals surface area (Å²) in [6.07, 6.45) is 2.59. The summed E-state index contributed by atoms with van der Waals surface area (Å²) in [4.78, 5) is 9.38. The monoisotopic (exact) mass is 287 g/mol. The smallest absolute Gasteiger partial charge is 0.129 e. The Bertz CT molecular complexity index is 672. The van der Waals surface area contributed by atoms with Crippen LogP contribution in [0.3, 0.4) is 0 Å². The quantitative estimate of drug-likeness (QED) is 0.829. The number of halogens is 1. The average molecular weight is 288 g/mol. The maximum Gasteiger partial charge on any atom is 0.129 e. The van der Waals surface area contributed by atoms with Gasteiger partial charge in [0.05, 0.1) is 5.56 Å². The third-order valence-corrected chi connectivity index (χ3v) is 3.70. The largest absolute Gasteiger partial charge is 0.355 e. The van der Waals surface area contributed by atoms with E-state index in [4.69, 9.17) is 17.3 Å². The van der Waals surface area contributed by atoms with Crippen molar-refractivity contribution in [3.8, 4) is 17.3 Å². The van der Waals surface area contributed by atoms with Crippen molar-refractivity contribution in [1.82, 2.24) is 9.97 Å². The van der Waals surface area contributed by atoms with Crippen LogP contribution in [0.15, 0.2) is 24.4 Å². The molecule has 1 atom stereocenters. The first kappa shape index (κ1) is 13.0. The van der Waals surface area contributed by atoms with Crippen LogP contribution in [-0.2, 0) is 0 Å². The molecule has 20 heavy (non-hydrogen) atoms. The van der Waals surface area contributed by atoms with E-state index in [1.165, 1.54) is 0 Å². The molecule has 0 bridgehead atoms. The fraction of sp³-hybridized carbons (Fsp3) is 0.286. The lowest BCUT2D eigenvalue weighted by Crippen LogP contribution is -2.26. The molecule has 1 saturated heterocycles. The standard InChI is InChI=1S/C14H14ClN5/c15-13-6-9(1-3-18-13)12-5-10(7-16)14(19-12)20-4-2-11(17)8-20/h1,3,5-6,11,19H,2,4,8,17H2/t11-/m0/s1. The summed E-state index contributed by atoms with van der Waals surface area (Å²) >= 11 is 5.90. The summed E-state index contributed by atoms with van der Waals surface area (Å²) in [7, 11) is 0. The molecule has 0 spiro atoms. The van der Waals surface area contributed by atoms with Crippen molar-refractivity contribution in [3.63, 3.8) is 0 Å². The predicted octanol–water partition coefficient (Wildman–Crippen LogP) is 2.14. The van der Waals surface area contributed by atoms with Crippen LogP contribution in [0.25, 0.3) is 11.3 Å². The number of aromatic nitrogens is 2. The molecule has 6 heteroatoms. The Morgan fingerprint density at radius 2 is 2.35 bits per heavy atom. The Balaban J connectivity index is 1.99. The zero-order valence-corrected chi connectivity index (χ0v) is 11.6. The molecule has 2 aromatic rings. The molecule has 3 heterocycles. The minimum absolute atomic E-state index is 0.170. The second-order valence-electron chi connectivity index (χ2n) is 4.92. The highest BCUT2D eigenvalue weighted by Gasteiger charge is 2.23. The zero-order chi connectivity index (χ0) is 14.1. The number of rotatable bonds is 2. The molecule has 1 fully saturated rings. The first-order valence-corrected chi connectivity index (χ1v) is 6.80. The minimum Gasteiger partial charge on any atom is -0.355 e. The fourth-order valence-electron chi connectivity index (χ4n) is 2.49. The van der Waals surface area contributed by atoms with Crippen molar-refractivity contribution in [2.24, 2.45) is 5.73 Å². The highest BCUT2D eigenvalue weighted by molar-refractivity contribution is 6.29. The number of hydrogen-bond acceptors (Lipinski definition) is 4. The van der Waals surface area contributed by atoms with Gasteiger partial charge < -0.3 is 15.6 Å². The van der Waals surface area contributed by atoms with E-state index >= 15 is 0 Å². The van der Waals surface area contributed by atoms with Crippen LogP contribution in [0.1, 0.15) is 12.0 Å². The van der Waals surface area contributed by atoms with Crippen molar-refractivity contribution in [2.45, 2.75) is 12.5 Å². The lowest BCUT2D eigenvalue weighted by atomic mass is 10.2. The molecule has 102 valence electrons. The Labute approximate surface area is 122 Å². The van der Waals surface area contributed by atoms with Crippen molar-refractivity contribution in [2.75, 3.05) is 18.0 Å². The zero-order valence-electron chi connectivity index (χ0n) is 10.8. The SMILES string of the molecule is N#Cc1cc(-c2ccnc(Cl)c2)[nH]c1N1CC[C@H](N)C1. The molecule has 0 radical (unpaired) electrons. The van der Waals surface area contributed by atoms with E-state index in [0.29, 0.717) is 10.7 Å². The van der Waals surface area contributed by atoms with Crippen LogP contribution in [0.5, 0.6) is 0 Å². The van der Waals surface area contributed by atoms with Gasteiger partial charge >= 0.3 is 0 Å². The third kappa shape index (κ3) is 2.36. The molecule has 2 aromatic heterocycles. The van der Waals surface area contributed by atoms with Gasteiger partial charge in [-0.2, -0.15) is 5.26 Å². The van der Waals surface area contributed by atoms with Crippen LogP contribution in [-0.4, -0.2) is 29.1 Å². The molecule has 0 aliphatic carbocycles. The summed E-state index contributed by atoms with van der Waals surface area (Å²) < 4.78 is 0. The fourth-order valence-corrected chi connectivity index (χ4v) is 2.67. The molecule has 0 aromatic carbocycles. The van der Waals surface area contributed by atoms with E-state index in [1.807, 2.05) is 12.1 Å². The molecule has 0 saturated carbocycles. The topological polar surface area (TPSA) is 81.7 Å². The lowest BCUT2D eigenvalue weighted by molar-refractivity contribution is 0.751. The number of anilines is 1. The van der Waals surface area contributed by atoms with Gasteiger partial charge in [0, 0.05) is 36.6 Å². The number of nitrogens with one attached hydrogen (secondary N) is 1. The highest BCUT2D eigenvalue weighted by Crippen LogP contribution is 2.29. The van der Waals surface area contributed by atoms with Crippen LogP contribution in [0, 0.1) is 11.3 Å². The molecule has 1 aliphatic rings. The normalized spacial score (nSPS) is 18.2. The Kier molecular flexibility index (Phi) is 3.35. The minimum atomic E-state index is 0.170. The second-order valence-corrected chi connectivity index (χ2v) is 5.31. The lowest BCUT2D eigenvalue weighted by Gasteiger charge is -2.16. The highest BCUT2D eigenvalue weighted by atomic mass is 35.5. The number of nitrogens with two attached hydrogens (primary N) is 1. The first-order valence-electron chi connectivity index (χ1n) is 6.43. The van der Waals surface area contributed by atoms with Gasteiger partial charge in [0.1, 0.15) is 17.0 Å². The Morgan fingerprint density at radius 1 is 1.50 bits per heavy atom. The van der Waals surface area contributed by atoms with Gasteiger partial charge in [-0.1, -0.05) is 11.6 Å². The van der Waals surface area contributed by atoms with E-state index in [2.05, 4.69) is 20.9 Å². The summed E-state index contributed by atoms with van der Waals surface area (Å²) in [6, 6.07) is 7.87. The number of nitrogens with zero attached hydrogens (tertiary/aromatic N) is 3. The average Bonchev–Trinajstić information content (AvgIpc) is 3.04. The van der Waals surface area contributed by atoms with E-state index in [0.717, 1.165) is 36.6 Å². The first-order chi connectivity index (χ1) is 9.67. The van der Waals surface area contributed by atoms with Gasteiger partial charge in [0.25, 0.3) is 0 Å². The Morgan fingerprint density at radius 3 is 3.00 bits per heavy atom. The molecule has 0 amide bonds. The van der Waals surface area contributed by atoms with Crippen molar-refractivity contribution in [3.05, 3.63) is 35.1 Å².